The smallest absolute Gasteiger partial charge is 0.0650 e. The van der Waals surface area contributed by atoms with E-state index in [1.54, 1.807) is 0 Å². The second-order valence-electron chi connectivity index (χ2n) is 6.95. The fourth-order valence-corrected chi connectivity index (χ4v) is 2.10. The Morgan fingerprint density at radius 1 is 0.792 bits per heavy atom. The Balaban J connectivity index is 4.05. The largest absolute Gasteiger partial charge is 0.396 e. The molecule has 4 heteroatoms. The SMILES string of the molecule is CC(C)=CCC/C(C)=C/CC/C(C)=C/COCC(CO)(CO)CO. The lowest BCUT2D eigenvalue weighted by Crippen LogP contribution is -2.38. The Morgan fingerprint density at radius 2 is 1.29 bits per heavy atom. The minimum Gasteiger partial charge on any atom is -0.396 e. The van der Waals surface area contributed by atoms with Crippen LogP contribution in [0.5, 0.6) is 0 Å². The van der Waals surface area contributed by atoms with E-state index < -0.39 is 5.41 Å². The quantitative estimate of drug-likeness (QED) is 0.355. The van der Waals surface area contributed by atoms with E-state index in [1.807, 2.05) is 6.08 Å². The predicted molar refractivity (Wildman–Crippen MR) is 99.9 cm³/mol. The van der Waals surface area contributed by atoms with Crippen LogP contribution in [0, 0.1) is 5.41 Å². The normalized spacial score (nSPS) is 13.3. The Labute approximate surface area is 147 Å². The third-order valence-corrected chi connectivity index (χ3v) is 4.09. The van der Waals surface area contributed by atoms with Crippen LogP contribution >= 0.6 is 0 Å². The maximum atomic E-state index is 9.22. The van der Waals surface area contributed by atoms with Crippen molar-refractivity contribution in [1.82, 2.24) is 0 Å². The van der Waals surface area contributed by atoms with Crippen molar-refractivity contribution in [2.24, 2.45) is 5.41 Å². The average molecular weight is 341 g/mol. The highest BCUT2D eigenvalue weighted by molar-refractivity contribution is 5.05. The van der Waals surface area contributed by atoms with Crippen LogP contribution < -0.4 is 0 Å². The number of allylic oxidation sites excluding steroid dienone is 5. The highest BCUT2D eigenvalue weighted by atomic mass is 16.5. The molecule has 0 saturated heterocycles. The monoisotopic (exact) mass is 340 g/mol. The molecule has 140 valence electrons. The molecule has 0 amide bonds. The van der Waals surface area contributed by atoms with E-state index in [0.717, 1.165) is 25.7 Å². The summed E-state index contributed by atoms with van der Waals surface area (Å²) in [5, 5.41) is 27.7. The van der Waals surface area contributed by atoms with E-state index in [1.165, 1.54) is 16.7 Å². The first-order chi connectivity index (χ1) is 11.4. The standard InChI is InChI=1S/C20H36O4/c1-17(2)7-5-8-18(3)9-6-10-19(4)11-12-24-16-20(13-21,14-22)15-23/h7,9,11,21-23H,5-6,8,10,12-16H2,1-4H3/b18-9+,19-11+. The molecule has 24 heavy (non-hydrogen) atoms. The van der Waals surface area contributed by atoms with Crippen molar-refractivity contribution in [2.45, 2.75) is 53.4 Å². The van der Waals surface area contributed by atoms with Crippen molar-refractivity contribution < 1.29 is 20.1 Å². The molecular weight excluding hydrogens is 304 g/mol. The van der Waals surface area contributed by atoms with Crippen LogP contribution in [-0.2, 0) is 4.74 Å². The molecule has 0 saturated carbocycles. The molecule has 0 spiro atoms. The van der Waals surface area contributed by atoms with Crippen LogP contribution in [-0.4, -0.2) is 48.4 Å². The summed E-state index contributed by atoms with van der Waals surface area (Å²) in [5.74, 6) is 0. The van der Waals surface area contributed by atoms with Crippen LogP contribution in [0.4, 0.5) is 0 Å². The van der Waals surface area contributed by atoms with Gasteiger partial charge < -0.3 is 20.1 Å². The summed E-state index contributed by atoms with van der Waals surface area (Å²) in [6.07, 6.45) is 10.8. The van der Waals surface area contributed by atoms with Crippen molar-refractivity contribution in [3.05, 3.63) is 34.9 Å². The lowest BCUT2D eigenvalue weighted by Gasteiger charge is -2.26. The molecule has 0 radical (unpaired) electrons. The van der Waals surface area contributed by atoms with Gasteiger partial charge in [0, 0.05) is 0 Å². The van der Waals surface area contributed by atoms with Crippen LogP contribution in [0.3, 0.4) is 0 Å². The molecule has 0 unspecified atom stereocenters. The first kappa shape index (κ1) is 23.1. The van der Waals surface area contributed by atoms with E-state index in [-0.39, 0.29) is 26.4 Å². The zero-order chi connectivity index (χ0) is 18.4. The predicted octanol–water partition coefficient (Wildman–Crippen LogP) is 3.39. The number of ether oxygens (including phenoxy) is 1. The van der Waals surface area contributed by atoms with E-state index in [2.05, 4.69) is 39.8 Å². The van der Waals surface area contributed by atoms with E-state index in [4.69, 9.17) is 4.74 Å². The van der Waals surface area contributed by atoms with Crippen molar-refractivity contribution in [3.8, 4) is 0 Å². The molecule has 0 aliphatic heterocycles. The van der Waals surface area contributed by atoms with Gasteiger partial charge in [-0.15, -0.1) is 0 Å². The average Bonchev–Trinajstić information content (AvgIpc) is 2.55. The molecule has 0 heterocycles. The minimum atomic E-state index is -0.952. The molecule has 3 N–H and O–H groups in total. The molecule has 4 nitrogen and oxygen atoms in total. The fourth-order valence-electron chi connectivity index (χ4n) is 2.10. The summed E-state index contributed by atoms with van der Waals surface area (Å²) in [6, 6.07) is 0. The fraction of sp³-hybridized carbons (Fsp3) is 0.700. The van der Waals surface area contributed by atoms with Gasteiger partial charge in [-0.25, -0.2) is 0 Å². The molecular formula is C20H36O4. The molecule has 0 aromatic carbocycles. The lowest BCUT2D eigenvalue weighted by atomic mass is 9.93. The lowest BCUT2D eigenvalue weighted by molar-refractivity contribution is -0.0524. The Kier molecular flexibility index (Phi) is 12.8. The molecule has 0 bridgehead atoms. The van der Waals surface area contributed by atoms with Gasteiger partial charge in [0.15, 0.2) is 0 Å². The Morgan fingerprint density at radius 3 is 1.79 bits per heavy atom. The van der Waals surface area contributed by atoms with Gasteiger partial charge in [0.05, 0.1) is 38.4 Å². The minimum absolute atomic E-state index is 0.143. The summed E-state index contributed by atoms with van der Waals surface area (Å²) in [4.78, 5) is 0. The molecule has 0 aromatic heterocycles. The van der Waals surface area contributed by atoms with Crippen LogP contribution in [0.1, 0.15) is 53.4 Å². The molecule has 0 fully saturated rings. The van der Waals surface area contributed by atoms with Gasteiger partial charge in [-0.2, -0.15) is 0 Å². The van der Waals surface area contributed by atoms with Crippen LogP contribution in [0.25, 0.3) is 0 Å². The topological polar surface area (TPSA) is 69.9 Å². The highest BCUT2D eigenvalue weighted by Gasteiger charge is 2.28. The van der Waals surface area contributed by atoms with E-state index >= 15 is 0 Å². The van der Waals surface area contributed by atoms with E-state index in [0.29, 0.717) is 6.61 Å². The zero-order valence-corrected chi connectivity index (χ0v) is 15.8. The van der Waals surface area contributed by atoms with Crippen molar-refractivity contribution in [1.29, 1.82) is 0 Å². The number of rotatable bonds is 13. The Hall–Kier alpha value is -0.940. The molecule has 0 aliphatic rings. The van der Waals surface area contributed by atoms with Crippen molar-refractivity contribution in [2.75, 3.05) is 33.0 Å². The number of aliphatic hydroxyl groups is 3. The van der Waals surface area contributed by atoms with Gasteiger partial charge in [-0.3, -0.25) is 0 Å². The maximum Gasteiger partial charge on any atom is 0.0650 e. The number of hydrogen-bond acceptors (Lipinski definition) is 4. The van der Waals surface area contributed by atoms with Crippen LogP contribution in [0.2, 0.25) is 0 Å². The maximum absolute atomic E-state index is 9.22. The first-order valence-electron chi connectivity index (χ1n) is 8.74. The van der Waals surface area contributed by atoms with Gasteiger partial charge >= 0.3 is 0 Å². The molecule has 0 rings (SSSR count). The van der Waals surface area contributed by atoms with Gasteiger partial charge in [0.1, 0.15) is 0 Å². The second-order valence-corrected chi connectivity index (χ2v) is 6.95. The third-order valence-electron chi connectivity index (χ3n) is 4.09. The molecule has 0 aliphatic carbocycles. The number of aliphatic hydroxyl groups excluding tert-OH is 3. The molecule has 0 aromatic rings. The summed E-state index contributed by atoms with van der Waals surface area (Å²) < 4.78 is 5.47. The van der Waals surface area contributed by atoms with Gasteiger partial charge in [0.25, 0.3) is 0 Å². The van der Waals surface area contributed by atoms with Gasteiger partial charge in [-0.1, -0.05) is 34.9 Å². The number of hydrogen-bond donors (Lipinski definition) is 3. The van der Waals surface area contributed by atoms with Gasteiger partial charge in [0.2, 0.25) is 0 Å². The van der Waals surface area contributed by atoms with Crippen molar-refractivity contribution >= 4 is 0 Å². The zero-order valence-electron chi connectivity index (χ0n) is 15.8. The summed E-state index contributed by atoms with van der Waals surface area (Å²) >= 11 is 0. The van der Waals surface area contributed by atoms with E-state index in [9.17, 15) is 15.3 Å². The third kappa shape index (κ3) is 10.8. The van der Waals surface area contributed by atoms with Crippen molar-refractivity contribution in [3.63, 3.8) is 0 Å². The molecule has 0 atom stereocenters. The summed E-state index contributed by atoms with van der Waals surface area (Å²) in [5.41, 5.74) is 3.10. The summed E-state index contributed by atoms with van der Waals surface area (Å²) in [7, 11) is 0. The summed E-state index contributed by atoms with van der Waals surface area (Å²) in [6.45, 7) is 8.20. The van der Waals surface area contributed by atoms with Gasteiger partial charge in [-0.05, 0) is 53.4 Å². The van der Waals surface area contributed by atoms with Crippen LogP contribution in [0.15, 0.2) is 34.9 Å². The highest BCUT2D eigenvalue weighted by Crippen LogP contribution is 2.15. The Bertz CT molecular complexity index is 405. The first-order valence-corrected chi connectivity index (χ1v) is 8.74. The second kappa shape index (κ2) is 13.4.